The average molecular weight is 473 g/mol. The maximum Gasteiger partial charge on any atom is 0.294 e. The molecule has 0 spiro atoms. The van der Waals surface area contributed by atoms with Crippen molar-refractivity contribution in [2.75, 3.05) is 13.1 Å². The Hall–Kier alpha value is -2.58. The number of rotatable bonds is 3. The van der Waals surface area contributed by atoms with Crippen LogP contribution in [0.25, 0.3) is 6.08 Å². The smallest absolute Gasteiger partial charge is 0.294 e. The minimum Gasteiger partial charge on any atom is -0.507 e. The number of benzene rings is 2. The van der Waals surface area contributed by atoms with Crippen LogP contribution in [0.5, 0.6) is 5.75 Å². The van der Waals surface area contributed by atoms with Crippen LogP contribution in [0.15, 0.2) is 51.8 Å². The Morgan fingerprint density at radius 2 is 1.93 bits per heavy atom. The molecule has 2 aromatic carbocycles. The molecule has 0 bridgehead atoms. The Balaban J connectivity index is 1.46. The number of phenols is 1. The summed E-state index contributed by atoms with van der Waals surface area (Å²) in [6, 6.07) is 12.8. The second kappa shape index (κ2) is 8.04. The summed E-state index contributed by atoms with van der Waals surface area (Å²) in [4.78, 5) is 40.7. The average Bonchev–Trinajstić information content (AvgIpc) is 2.97. The van der Waals surface area contributed by atoms with Gasteiger partial charge in [-0.05, 0) is 69.0 Å². The molecule has 2 aromatic rings. The third-order valence-electron chi connectivity index (χ3n) is 4.92. The highest BCUT2D eigenvalue weighted by Gasteiger charge is 2.37. The normalized spacial score (nSPS) is 17.8. The molecule has 0 aromatic heterocycles. The summed E-state index contributed by atoms with van der Waals surface area (Å²) in [5, 5.41) is 9.13. The van der Waals surface area contributed by atoms with Gasteiger partial charge in [-0.3, -0.25) is 19.3 Å². The molecule has 1 N–H and O–H groups in total. The van der Waals surface area contributed by atoms with Gasteiger partial charge in [-0.25, -0.2) is 0 Å². The molecule has 2 aliphatic heterocycles. The first-order valence-corrected chi connectivity index (χ1v) is 10.6. The summed E-state index contributed by atoms with van der Waals surface area (Å²) < 4.78 is 0.492. The third kappa shape index (κ3) is 4.09. The van der Waals surface area contributed by atoms with Gasteiger partial charge in [0.25, 0.3) is 11.1 Å². The zero-order valence-corrected chi connectivity index (χ0v) is 17.7. The molecule has 148 valence electrons. The quantitative estimate of drug-likeness (QED) is 0.687. The fourth-order valence-electron chi connectivity index (χ4n) is 3.34. The summed E-state index contributed by atoms with van der Waals surface area (Å²) in [6.07, 6.45) is 2.34. The first-order chi connectivity index (χ1) is 13.9. The number of carbonyl (C=O) groups is 3. The Morgan fingerprint density at radius 3 is 2.69 bits per heavy atom. The molecular weight excluding hydrogens is 456 g/mol. The van der Waals surface area contributed by atoms with Crippen LogP contribution in [0, 0.1) is 0 Å². The molecule has 2 aliphatic rings. The molecule has 0 unspecified atom stereocenters. The molecule has 0 saturated carbocycles. The number of hydrogen-bond donors (Lipinski definition) is 1. The van der Waals surface area contributed by atoms with Gasteiger partial charge in [0.15, 0.2) is 0 Å². The van der Waals surface area contributed by atoms with E-state index in [1.807, 2.05) is 18.2 Å². The van der Waals surface area contributed by atoms with E-state index in [-0.39, 0.29) is 23.1 Å². The van der Waals surface area contributed by atoms with Crippen LogP contribution in [0.1, 0.15) is 16.7 Å². The summed E-state index contributed by atoms with van der Waals surface area (Å²) in [7, 11) is 0. The SMILES string of the molecule is O=C(CN1C(=O)S/C(=C/c2ccc(O)c(Br)c2)C1=O)N1CCc2ccccc2C1. The first kappa shape index (κ1) is 19.7. The van der Waals surface area contributed by atoms with Crippen molar-refractivity contribution in [3.63, 3.8) is 0 Å². The van der Waals surface area contributed by atoms with E-state index in [2.05, 4.69) is 22.0 Å². The van der Waals surface area contributed by atoms with Gasteiger partial charge in [-0.15, -0.1) is 0 Å². The van der Waals surface area contributed by atoms with Crippen molar-refractivity contribution in [3.8, 4) is 5.75 Å². The van der Waals surface area contributed by atoms with Gasteiger partial charge in [-0.2, -0.15) is 0 Å². The number of hydrogen-bond acceptors (Lipinski definition) is 5. The van der Waals surface area contributed by atoms with E-state index >= 15 is 0 Å². The summed E-state index contributed by atoms with van der Waals surface area (Å²) in [5.41, 5.74) is 2.99. The van der Waals surface area contributed by atoms with E-state index in [0.29, 0.717) is 23.1 Å². The predicted molar refractivity (Wildman–Crippen MR) is 114 cm³/mol. The molecular formula is C21H17BrN2O4S. The van der Waals surface area contributed by atoms with Crippen molar-refractivity contribution in [2.24, 2.45) is 0 Å². The van der Waals surface area contributed by atoms with Gasteiger partial charge >= 0.3 is 0 Å². The van der Waals surface area contributed by atoms with E-state index in [1.165, 1.54) is 11.6 Å². The molecule has 0 radical (unpaired) electrons. The molecule has 29 heavy (non-hydrogen) atoms. The van der Waals surface area contributed by atoms with Crippen LogP contribution in [-0.4, -0.2) is 45.0 Å². The molecule has 1 fully saturated rings. The Morgan fingerprint density at radius 1 is 1.17 bits per heavy atom. The molecule has 6 nitrogen and oxygen atoms in total. The van der Waals surface area contributed by atoms with Crippen molar-refractivity contribution >= 4 is 50.8 Å². The minimum atomic E-state index is -0.477. The van der Waals surface area contributed by atoms with Gasteiger partial charge in [0, 0.05) is 13.1 Å². The second-order valence-electron chi connectivity index (χ2n) is 6.81. The van der Waals surface area contributed by atoms with E-state index in [0.717, 1.165) is 28.6 Å². The van der Waals surface area contributed by atoms with Crippen LogP contribution < -0.4 is 0 Å². The number of halogens is 1. The van der Waals surface area contributed by atoms with Crippen molar-refractivity contribution in [1.82, 2.24) is 9.80 Å². The van der Waals surface area contributed by atoms with Crippen molar-refractivity contribution in [2.45, 2.75) is 13.0 Å². The lowest BCUT2D eigenvalue weighted by atomic mass is 10.00. The molecule has 2 heterocycles. The maximum absolute atomic E-state index is 12.7. The monoisotopic (exact) mass is 472 g/mol. The molecule has 8 heteroatoms. The number of fused-ring (bicyclic) bond motifs is 1. The number of aromatic hydroxyl groups is 1. The van der Waals surface area contributed by atoms with E-state index in [9.17, 15) is 19.5 Å². The zero-order valence-electron chi connectivity index (χ0n) is 15.3. The van der Waals surface area contributed by atoms with Crippen LogP contribution in [0.3, 0.4) is 0 Å². The van der Waals surface area contributed by atoms with Crippen LogP contribution in [-0.2, 0) is 22.6 Å². The lowest BCUT2D eigenvalue weighted by Gasteiger charge is -2.29. The highest BCUT2D eigenvalue weighted by Crippen LogP contribution is 2.33. The highest BCUT2D eigenvalue weighted by atomic mass is 79.9. The number of nitrogens with zero attached hydrogens (tertiary/aromatic N) is 2. The number of carbonyl (C=O) groups excluding carboxylic acids is 3. The van der Waals surface area contributed by atoms with E-state index < -0.39 is 11.1 Å². The topological polar surface area (TPSA) is 77.9 Å². The third-order valence-corrected chi connectivity index (χ3v) is 6.46. The standard InChI is InChI=1S/C21H17BrN2O4S/c22-16-9-13(5-6-17(16)25)10-18-20(27)24(21(28)29-18)12-19(26)23-8-7-14-3-1-2-4-15(14)11-23/h1-6,9-10,25H,7-8,11-12H2/b18-10+. The number of imide groups is 1. The molecule has 3 amide bonds. The molecule has 4 rings (SSSR count). The summed E-state index contributed by atoms with van der Waals surface area (Å²) in [5.74, 6) is -0.630. The predicted octanol–water partition coefficient (Wildman–Crippen LogP) is 3.78. The lowest BCUT2D eigenvalue weighted by molar-refractivity contribution is -0.136. The van der Waals surface area contributed by atoms with Gasteiger partial charge in [-0.1, -0.05) is 30.3 Å². The van der Waals surface area contributed by atoms with Crippen LogP contribution in [0.4, 0.5) is 4.79 Å². The fourth-order valence-corrected chi connectivity index (χ4v) is 4.58. The van der Waals surface area contributed by atoms with Crippen molar-refractivity contribution in [1.29, 1.82) is 0 Å². The summed E-state index contributed by atoms with van der Waals surface area (Å²) in [6.45, 7) is 0.801. The van der Waals surface area contributed by atoms with E-state index in [1.54, 1.807) is 23.1 Å². The largest absolute Gasteiger partial charge is 0.507 e. The Labute approximate surface area is 180 Å². The maximum atomic E-state index is 12.7. The lowest BCUT2D eigenvalue weighted by Crippen LogP contribution is -2.44. The molecule has 0 aliphatic carbocycles. The van der Waals surface area contributed by atoms with Gasteiger partial charge in [0.1, 0.15) is 12.3 Å². The van der Waals surface area contributed by atoms with Crippen LogP contribution in [0.2, 0.25) is 0 Å². The van der Waals surface area contributed by atoms with Gasteiger partial charge < -0.3 is 10.0 Å². The minimum absolute atomic E-state index is 0.0870. The molecule has 1 saturated heterocycles. The molecule has 0 atom stereocenters. The first-order valence-electron chi connectivity index (χ1n) is 9.01. The second-order valence-corrected chi connectivity index (χ2v) is 8.66. The summed E-state index contributed by atoms with van der Waals surface area (Å²) >= 11 is 4.04. The highest BCUT2D eigenvalue weighted by molar-refractivity contribution is 9.10. The van der Waals surface area contributed by atoms with Crippen molar-refractivity contribution in [3.05, 3.63) is 68.5 Å². The van der Waals surface area contributed by atoms with Crippen molar-refractivity contribution < 1.29 is 19.5 Å². The van der Waals surface area contributed by atoms with Crippen LogP contribution >= 0.6 is 27.7 Å². The Bertz CT molecular complexity index is 1050. The number of thioether (sulfide) groups is 1. The Kier molecular flexibility index (Phi) is 5.47. The fraction of sp³-hybridized carbons (Fsp3) is 0.190. The van der Waals surface area contributed by atoms with E-state index in [4.69, 9.17) is 0 Å². The van der Waals surface area contributed by atoms with Gasteiger partial charge in [0.05, 0.1) is 9.38 Å². The van der Waals surface area contributed by atoms with Gasteiger partial charge in [0.2, 0.25) is 5.91 Å². The number of phenolic OH excluding ortho intramolecular Hbond substituents is 1. The zero-order chi connectivity index (χ0) is 20.5. The number of amides is 3.